The molecule has 0 aliphatic heterocycles. The maximum Gasteiger partial charge on any atom is 0.0580 e. The molecule has 1 unspecified atom stereocenters. The lowest BCUT2D eigenvalue weighted by Crippen LogP contribution is -2.23. The molecular weight excluding hydrogens is 150 g/mol. The zero-order chi connectivity index (χ0) is 8.81. The fourth-order valence-electron chi connectivity index (χ4n) is 2.10. The predicted octanol–water partition coefficient (Wildman–Crippen LogP) is 1.67. The molecule has 0 heterocycles. The van der Waals surface area contributed by atoms with Crippen molar-refractivity contribution in [2.24, 2.45) is 11.7 Å². The van der Waals surface area contributed by atoms with Gasteiger partial charge in [0.15, 0.2) is 0 Å². The normalized spacial score (nSPS) is 23.5. The Hall–Kier alpha value is -0.0800. The summed E-state index contributed by atoms with van der Waals surface area (Å²) in [5, 5.41) is 9.72. The molecule has 0 bridgehead atoms. The first kappa shape index (κ1) is 10.0. The summed E-state index contributed by atoms with van der Waals surface area (Å²) in [6.45, 7) is 0.623. The largest absolute Gasteiger partial charge is 0.393 e. The molecule has 1 aliphatic carbocycles. The van der Waals surface area contributed by atoms with E-state index >= 15 is 0 Å². The molecular formula is C10H21NO. The predicted molar refractivity (Wildman–Crippen MR) is 50.9 cm³/mol. The summed E-state index contributed by atoms with van der Waals surface area (Å²) in [4.78, 5) is 0. The number of aliphatic hydroxyl groups is 1. The summed E-state index contributed by atoms with van der Waals surface area (Å²) in [7, 11) is 0. The van der Waals surface area contributed by atoms with Gasteiger partial charge in [-0.3, -0.25) is 0 Å². The summed E-state index contributed by atoms with van der Waals surface area (Å²) in [6.07, 6.45) is 8.37. The molecule has 0 saturated heterocycles. The van der Waals surface area contributed by atoms with E-state index in [-0.39, 0.29) is 6.10 Å². The van der Waals surface area contributed by atoms with Crippen LogP contribution in [0.5, 0.6) is 0 Å². The first-order chi connectivity index (χ1) is 5.84. The maximum absolute atomic E-state index is 9.72. The minimum absolute atomic E-state index is 0.131. The minimum Gasteiger partial charge on any atom is -0.393 e. The van der Waals surface area contributed by atoms with Crippen LogP contribution in [0.15, 0.2) is 0 Å². The van der Waals surface area contributed by atoms with Crippen molar-refractivity contribution in [3.05, 3.63) is 0 Å². The second-order valence-corrected chi connectivity index (χ2v) is 3.90. The summed E-state index contributed by atoms with van der Waals surface area (Å²) in [6, 6.07) is 0. The van der Waals surface area contributed by atoms with E-state index in [9.17, 15) is 5.11 Å². The first-order valence-corrected chi connectivity index (χ1v) is 5.22. The van der Waals surface area contributed by atoms with Crippen molar-refractivity contribution in [1.29, 1.82) is 0 Å². The van der Waals surface area contributed by atoms with Gasteiger partial charge < -0.3 is 10.8 Å². The second kappa shape index (κ2) is 5.55. The zero-order valence-electron chi connectivity index (χ0n) is 7.84. The van der Waals surface area contributed by atoms with Gasteiger partial charge in [0, 0.05) is 0 Å². The highest BCUT2D eigenvalue weighted by Crippen LogP contribution is 2.26. The number of rotatable bonds is 3. The number of hydrogen-bond acceptors (Lipinski definition) is 2. The van der Waals surface area contributed by atoms with Gasteiger partial charge in [0.2, 0.25) is 0 Å². The van der Waals surface area contributed by atoms with Crippen molar-refractivity contribution in [1.82, 2.24) is 0 Å². The van der Waals surface area contributed by atoms with Gasteiger partial charge >= 0.3 is 0 Å². The number of hydrogen-bond donors (Lipinski definition) is 2. The molecule has 0 aromatic heterocycles. The van der Waals surface area contributed by atoms with E-state index in [1.54, 1.807) is 0 Å². The Morgan fingerprint density at radius 3 is 2.25 bits per heavy atom. The second-order valence-electron chi connectivity index (χ2n) is 3.90. The van der Waals surface area contributed by atoms with Crippen LogP contribution in [0.2, 0.25) is 0 Å². The zero-order valence-corrected chi connectivity index (χ0v) is 7.84. The molecule has 0 spiro atoms. The van der Waals surface area contributed by atoms with Crippen LogP contribution in [-0.4, -0.2) is 17.8 Å². The van der Waals surface area contributed by atoms with E-state index in [0.29, 0.717) is 12.5 Å². The van der Waals surface area contributed by atoms with Crippen molar-refractivity contribution >= 4 is 0 Å². The lowest BCUT2D eigenvalue weighted by molar-refractivity contribution is 0.0924. The lowest BCUT2D eigenvalue weighted by Gasteiger charge is -2.20. The van der Waals surface area contributed by atoms with Crippen molar-refractivity contribution in [3.8, 4) is 0 Å². The SMILES string of the molecule is NCCC(O)C1CCCCCC1. The average Bonchev–Trinajstić information content (AvgIpc) is 2.32. The molecule has 72 valence electrons. The Labute approximate surface area is 75.2 Å². The third kappa shape index (κ3) is 3.11. The van der Waals surface area contributed by atoms with E-state index in [1.165, 1.54) is 38.5 Å². The van der Waals surface area contributed by atoms with Crippen LogP contribution in [0.4, 0.5) is 0 Å². The van der Waals surface area contributed by atoms with Gasteiger partial charge in [0.05, 0.1) is 6.10 Å². The third-order valence-corrected chi connectivity index (χ3v) is 2.91. The van der Waals surface area contributed by atoms with Gasteiger partial charge in [-0.1, -0.05) is 25.7 Å². The maximum atomic E-state index is 9.72. The van der Waals surface area contributed by atoms with Crippen LogP contribution in [0.25, 0.3) is 0 Å². The number of nitrogens with two attached hydrogens (primary N) is 1. The molecule has 0 radical (unpaired) electrons. The summed E-state index contributed by atoms with van der Waals surface area (Å²) in [5.74, 6) is 0.538. The molecule has 1 atom stereocenters. The van der Waals surface area contributed by atoms with Crippen molar-refractivity contribution in [3.63, 3.8) is 0 Å². The average molecular weight is 171 g/mol. The molecule has 2 nitrogen and oxygen atoms in total. The highest BCUT2D eigenvalue weighted by Gasteiger charge is 2.19. The van der Waals surface area contributed by atoms with Gasteiger partial charge in [-0.2, -0.15) is 0 Å². The van der Waals surface area contributed by atoms with E-state index in [4.69, 9.17) is 5.73 Å². The fourth-order valence-corrected chi connectivity index (χ4v) is 2.10. The lowest BCUT2D eigenvalue weighted by atomic mass is 9.92. The summed E-state index contributed by atoms with van der Waals surface area (Å²) in [5.41, 5.74) is 5.42. The smallest absolute Gasteiger partial charge is 0.0580 e. The van der Waals surface area contributed by atoms with Crippen LogP contribution in [0, 0.1) is 5.92 Å². The Kier molecular flexibility index (Phi) is 4.62. The molecule has 1 aliphatic rings. The quantitative estimate of drug-likeness (QED) is 0.634. The Balaban J connectivity index is 2.27. The molecule has 3 N–H and O–H groups in total. The van der Waals surface area contributed by atoms with E-state index in [2.05, 4.69) is 0 Å². The Morgan fingerprint density at radius 1 is 1.17 bits per heavy atom. The molecule has 1 saturated carbocycles. The van der Waals surface area contributed by atoms with E-state index in [1.807, 2.05) is 0 Å². The standard InChI is InChI=1S/C10H21NO/c11-8-7-10(12)9-5-3-1-2-4-6-9/h9-10,12H,1-8,11H2. The van der Waals surface area contributed by atoms with Gasteiger partial charge in [-0.05, 0) is 31.7 Å². The molecule has 0 aromatic carbocycles. The minimum atomic E-state index is -0.131. The Bertz CT molecular complexity index is 108. The van der Waals surface area contributed by atoms with Crippen molar-refractivity contribution in [2.75, 3.05) is 6.54 Å². The van der Waals surface area contributed by atoms with Crippen LogP contribution in [-0.2, 0) is 0 Å². The molecule has 0 amide bonds. The number of aliphatic hydroxyl groups excluding tert-OH is 1. The van der Waals surface area contributed by atoms with Crippen LogP contribution < -0.4 is 5.73 Å². The van der Waals surface area contributed by atoms with Gasteiger partial charge in [0.1, 0.15) is 0 Å². The van der Waals surface area contributed by atoms with Crippen molar-refractivity contribution in [2.45, 2.75) is 51.0 Å². The molecule has 2 heteroatoms. The van der Waals surface area contributed by atoms with Gasteiger partial charge in [-0.25, -0.2) is 0 Å². The molecule has 1 fully saturated rings. The van der Waals surface area contributed by atoms with E-state index in [0.717, 1.165) is 6.42 Å². The van der Waals surface area contributed by atoms with Crippen LogP contribution in [0.3, 0.4) is 0 Å². The topological polar surface area (TPSA) is 46.2 Å². The molecule has 0 aromatic rings. The highest BCUT2D eigenvalue weighted by atomic mass is 16.3. The first-order valence-electron chi connectivity index (χ1n) is 5.22. The van der Waals surface area contributed by atoms with Gasteiger partial charge in [0.25, 0.3) is 0 Å². The fraction of sp³-hybridized carbons (Fsp3) is 1.00. The molecule has 12 heavy (non-hydrogen) atoms. The van der Waals surface area contributed by atoms with E-state index < -0.39 is 0 Å². The highest BCUT2D eigenvalue weighted by molar-refractivity contribution is 4.72. The summed E-state index contributed by atoms with van der Waals surface area (Å²) < 4.78 is 0. The molecule has 1 rings (SSSR count). The third-order valence-electron chi connectivity index (χ3n) is 2.91. The van der Waals surface area contributed by atoms with Crippen molar-refractivity contribution < 1.29 is 5.11 Å². The monoisotopic (exact) mass is 171 g/mol. The van der Waals surface area contributed by atoms with Crippen LogP contribution in [0.1, 0.15) is 44.9 Å². The van der Waals surface area contributed by atoms with Crippen LogP contribution >= 0.6 is 0 Å². The Morgan fingerprint density at radius 2 is 1.75 bits per heavy atom. The van der Waals surface area contributed by atoms with Gasteiger partial charge in [-0.15, -0.1) is 0 Å². The summed E-state index contributed by atoms with van der Waals surface area (Å²) >= 11 is 0.